The number of rotatable bonds is 3. The lowest BCUT2D eigenvalue weighted by molar-refractivity contribution is 0.780. The van der Waals surface area contributed by atoms with E-state index in [9.17, 15) is 0 Å². The van der Waals surface area contributed by atoms with Gasteiger partial charge in [0, 0.05) is 17.0 Å². The molecule has 4 nitrogen and oxygen atoms in total. The maximum Gasteiger partial charge on any atom is 0.216 e. The molecule has 0 amide bonds. The van der Waals surface area contributed by atoms with Gasteiger partial charge in [-0.2, -0.15) is 14.9 Å². The first kappa shape index (κ1) is 12.0. The van der Waals surface area contributed by atoms with Gasteiger partial charge in [0.2, 0.25) is 4.77 Å². The Bertz CT molecular complexity index is 600. The molecule has 0 aliphatic heterocycles. The van der Waals surface area contributed by atoms with Crippen LogP contribution in [0.25, 0.3) is 0 Å². The lowest BCUT2D eigenvalue weighted by Gasteiger charge is -1.98. The fraction of sp³-hybridized carbons (Fsp3) is 0.182. The van der Waals surface area contributed by atoms with E-state index < -0.39 is 0 Å². The summed E-state index contributed by atoms with van der Waals surface area (Å²) < 4.78 is 2.07. The molecule has 0 atom stereocenters. The smallest absolute Gasteiger partial charge is 0.216 e. The van der Waals surface area contributed by atoms with Crippen molar-refractivity contribution in [2.75, 3.05) is 0 Å². The molecule has 0 radical (unpaired) electrons. The summed E-state index contributed by atoms with van der Waals surface area (Å²) >= 11 is 11.1. The predicted molar refractivity (Wildman–Crippen MR) is 71.2 cm³/mol. The van der Waals surface area contributed by atoms with Gasteiger partial charge < -0.3 is 0 Å². The highest BCUT2D eigenvalue weighted by Crippen LogP contribution is 2.12. The quantitative estimate of drug-likeness (QED) is 0.686. The van der Waals surface area contributed by atoms with Gasteiger partial charge in [0.1, 0.15) is 0 Å². The standard InChI is InChI=1S/C11H11ClN4S/c1-2-10-14-15-11(17)16(10)13-7-8-5-3-4-6-9(8)12/h3-7H,2H2,1H3,(H,15,17)/b13-7+. The van der Waals surface area contributed by atoms with Crippen molar-refractivity contribution in [1.29, 1.82) is 0 Å². The van der Waals surface area contributed by atoms with Crippen LogP contribution in [0.2, 0.25) is 5.02 Å². The number of aromatic nitrogens is 3. The zero-order valence-electron chi connectivity index (χ0n) is 9.22. The van der Waals surface area contributed by atoms with Gasteiger partial charge >= 0.3 is 0 Å². The summed E-state index contributed by atoms with van der Waals surface area (Å²) in [5.41, 5.74) is 0.847. The Morgan fingerprint density at radius 1 is 1.53 bits per heavy atom. The highest BCUT2D eigenvalue weighted by molar-refractivity contribution is 7.71. The second-order valence-electron chi connectivity index (χ2n) is 3.38. The largest absolute Gasteiger partial charge is 0.250 e. The van der Waals surface area contributed by atoms with E-state index in [0.717, 1.165) is 17.8 Å². The number of hydrogen-bond donors (Lipinski definition) is 1. The van der Waals surface area contributed by atoms with Gasteiger partial charge in [0.05, 0.1) is 6.21 Å². The van der Waals surface area contributed by atoms with E-state index in [4.69, 9.17) is 23.8 Å². The van der Waals surface area contributed by atoms with E-state index >= 15 is 0 Å². The summed E-state index contributed by atoms with van der Waals surface area (Å²) in [5.74, 6) is 0.790. The third-order valence-electron chi connectivity index (χ3n) is 2.25. The molecule has 2 aromatic rings. The van der Waals surface area contributed by atoms with Gasteiger partial charge in [-0.15, -0.1) is 0 Å². The van der Waals surface area contributed by atoms with Gasteiger partial charge in [0.15, 0.2) is 5.82 Å². The minimum Gasteiger partial charge on any atom is -0.250 e. The molecule has 1 aromatic carbocycles. The second kappa shape index (κ2) is 5.25. The monoisotopic (exact) mass is 266 g/mol. The van der Waals surface area contributed by atoms with Crippen molar-refractivity contribution in [2.45, 2.75) is 13.3 Å². The average molecular weight is 267 g/mol. The van der Waals surface area contributed by atoms with Gasteiger partial charge in [-0.05, 0) is 18.3 Å². The molecule has 0 spiro atoms. The molecule has 0 saturated carbocycles. The summed E-state index contributed by atoms with van der Waals surface area (Å²) in [6, 6.07) is 7.49. The topological polar surface area (TPSA) is 46.0 Å². The van der Waals surface area contributed by atoms with Crippen LogP contribution in [-0.4, -0.2) is 21.1 Å². The Morgan fingerprint density at radius 3 is 3.00 bits per heavy atom. The Labute approximate surface area is 109 Å². The Balaban J connectivity index is 2.35. The summed E-state index contributed by atoms with van der Waals surface area (Å²) in [6.45, 7) is 1.99. The van der Waals surface area contributed by atoms with Crippen LogP contribution in [0.4, 0.5) is 0 Å². The molecule has 0 fully saturated rings. The first-order valence-corrected chi connectivity index (χ1v) is 5.96. The molecule has 17 heavy (non-hydrogen) atoms. The van der Waals surface area contributed by atoms with Crippen LogP contribution in [0, 0.1) is 4.77 Å². The van der Waals surface area contributed by atoms with Crippen molar-refractivity contribution in [1.82, 2.24) is 14.9 Å². The molecule has 2 rings (SSSR count). The molecule has 6 heteroatoms. The number of halogens is 1. The van der Waals surface area contributed by atoms with E-state index in [-0.39, 0.29) is 0 Å². The van der Waals surface area contributed by atoms with E-state index in [1.165, 1.54) is 0 Å². The molecule has 88 valence electrons. The minimum absolute atomic E-state index is 0.477. The van der Waals surface area contributed by atoms with Crippen LogP contribution < -0.4 is 0 Å². The number of aryl methyl sites for hydroxylation is 1. The molecule has 0 saturated heterocycles. The number of aromatic amines is 1. The number of nitrogens with one attached hydrogen (secondary N) is 1. The second-order valence-corrected chi connectivity index (χ2v) is 4.17. The number of H-pyrrole nitrogens is 1. The van der Waals surface area contributed by atoms with Crippen molar-refractivity contribution >= 4 is 30.0 Å². The predicted octanol–water partition coefficient (Wildman–Crippen LogP) is 3.04. The van der Waals surface area contributed by atoms with Crippen LogP contribution >= 0.6 is 23.8 Å². The first-order chi connectivity index (χ1) is 8.22. The number of nitrogens with zero attached hydrogens (tertiary/aromatic N) is 3. The molecular formula is C11H11ClN4S. The maximum atomic E-state index is 6.03. The van der Waals surface area contributed by atoms with Gasteiger partial charge in [-0.1, -0.05) is 36.7 Å². The fourth-order valence-corrected chi connectivity index (χ4v) is 1.75. The van der Waals surface area contributed by atoms with Crippen LogP contribution in [0.3, 0.4) is 0 Å². The molecule has 0 aliphatic carbocycles. The third-order valence-corrected chi connectivity index (χ3v) is 2.86. The Kier molecular flexibility index (Phi) is 3.71. The minimum atomic E-state index is 0.477. The fourth-order valence-electron chi connectivity index (χ4n) is 1.37. The Hall–Kier alpha value is -1.46. The Morgan fingerprint density at radius 2 is 2.29 bits per heavy atom. The van der Waals surface area contributed by atoms with Crippen LogP contribution in [0.15, 0.2) is 29.4 Å². The molecule has 0 bridgehead atoms. The van der Waals surface area contributed by atoms with Crippen molar-refractivity contribution in [2.24, 2.45) is 5.10 Å². The highest BCUT2D eigenvalue weighted by Gasteiger charge is 2.01. The zero-order chi connectivity index (χ0) is 12.3. The molecule has 1 heterocycles. The highest BCUT2D eigenvalue weighted by atomic mass is 35.5. The third kappa shape index (κ3) is 2.62. The summed E-state index contributed by atoms with van der Waals surface area (Å²) in [7, 11) is 0. The first-order valence-electron chi connectivity index (χ1n) is 5.17. The van der Waals surface area contributed by atoms with E-state index in [1.54, 1.807) is 10.9 Å². The van der Waals surface area contributed by atoms with Crippen molar-refractivity contribution in [3.8, 4) is 0 Å². The molecular weight excluding hydrogens is 256 g/mol. The van der Waals surface area contributed by atoms with Crippen LogP contribution in [0.5, 0.6) is 0 Å². The number of benzene rings is 1. The average Bonchev–Trinajstić information content (AvgIpc) is 2.69. The lowest BCUT2D eigenvalue weighted by Crippen LogP contribution is -1.97. The molecule has 0 unspecified atom stereocenters. The lowest BCUT2D eigenvalue weighted by atomic mass is 10.2. The van der Waals surface area contributed by atoms with Crippen LogP contribution in [-0.2, 0) is 6.42 Å². The SMILES string of the molecule is CCc1n[nH]c(=S)n1/N=C/c1ccccc1Cl. The van der Waals surface area contributed by atoms with Crippen molar-refractivity contribution in [3.05, 3.63) is 45.4 Å². The van der Waals surface area contributed by atoms with Gasteiger partial charge in [-0.3, -0.25) is 5.10 Å². The summed E-state index contributed by atoms with van der Waals surface area (Å²) in [4.78, 5) is 0. The molecule has 1 N–H and O–H groups in total. The van der Waals surface area contributed by atoms with Gasteiger partial charge in [0.25, 0.3) is 0 Å². The van der Waals surface area contributed by atoms with E-state index in [1.807, 2.05) is 31.2 Å². The van der Waals surface area contributed by atoms with Crippen molar-refractivity contribution < 1.29 is 0 Å². The normalized spacial score (nSPS) is 11.2. The van der Waals surface area contributed by atoms with E-state index in [0.29, 0.717) is 9.79 Å². The summed E-state index contributed by atoms with van der Waals surface area (Å²) in [6.07, 6.45) is 2.43. The molecule has 1 aromatic heterocycles. The van der Waals surface area contributed by atoms with Crippen molar-refractivity contribution in [3.63, 3.8) is 0 Å². The van der Waals surface area contributed by atoms with Gasteiger partial charge in [-0.25, -0.2) is 0 Å². The van der Waals surface area contributed by atoms with Crippen LogP contribution in [0.1, 0.15) is 18.3 Å². The zero-order valence-corrected chi connectivity index (χ0v) is 10.8. The summed E-state index contributed by atoms with van der Waals surface area (Å²) in [5, 5.41) is 11.7. The number of hydrogen-bond acceptors (Lipinski definition) is 3. The van der Waals surface area contributed by atoms with E-state index in [2.05, 4.69) is 15.3 Å². The molecule has 0 aliphatic rings. The maximum absolute atomic E-state index is 6.03.